The number of aliphatic hydroxyl groups is 1. The Morgan fingerprint density at radius 2 is 1.81 bits per heavy atom. The maximum Gasteiger partial charge on any atom is 0.251 e. The Labute approximate surface area is 130 Å². The molecule has 1 amide bonds. The SMILES string of the molecule is O=C(Cn1cc(Br)ccc1=O)NCc1ccc(CO)cc1. The summed E-state index contributed by atoms with van der Waals surface area (Å²) in [5.74, 6) is -0.235. The molecular formula is C15H15BrN2O3. The largest absolute Gasteiger partial charge is 0.392 e. The third-order valence-electron chi connectivity index (χ3n) is 2.96. The number of hydrogen-bond acceptors (Lipinski definition) is 3. The number of benzene rings is 1. The van der Waals surface area contributed by atoms with Crippen molar-refractivity contribution >= 4 is 21.8 Å². The van der Waals surface area contributed by atoms with E-state index in [9.17, 15) is 9.59 Å². The Hall–Kier alpha value is -1.92. The first-order valence-electron chi connectivity index (χ1n) is 6.40. The Morgan fingerprint density at radius 3 is 2.48 bits per heavy atom. The molecule has 0 saturated carbocycles. The summed E-state index contributed by atoms with van der Waals surface area (Å²) in [6.45, 7) is 0.360. The third-order valence-corrected chi connectivity index (χ3v) is 3.43. The van der Waals surface area contributed by atoms with Gasteiger partial charge in [0.15, 0.2) is 0 Å². The Morgan fingerprint density at radius 1 is 1.14 bits per heavy atom. The summed E-state index contributed by atoms with van der Waals surface area (Å²) in [5, 5.41) is 11.7. The molecule has 0 fully saturated rings. The number of amides is 1. The van der Waals surface area contributed by atoms with Gasteiger partial charge < -0.3 is 15.0 Å². The standard InChI is InChI=1S/C15H15BrN2O3/c16-13-5-6-15(21)18(8-13)9-14(20)17-7-11-1-3-12(10-19)4-2-11/h1-6,8,19H,7,9-10H2,(H,17,20). The predicted molar refractivity (Wildman–Crippen MR) is 82.6 cm³/mol. The van der Waals surface area contributed by atoms with E-state index in [2.05, 4.69) is 21.2 Å². The van der Waals surface area contributed by atoms with Gasteiger partial charge in [0, 0.05) is 23.3 Å². The van der Waals surface area contributed by atoms with E-state index in [1.807, 2.05) is 12.1 Å². The molecule has 2 N–H and O–H groups in total. The second-order valence-electron chi connectivity index (χ2n) is 4.56. The lowest BCUT2D eigenvalue weighted by atomic mass is 10.1. The number of aliphatic hydroxyl groups excluding tert-OH is 1. The van der Waals surface area contributed by atoms with Gasteiger partial charge in [-0.1, -0.05) is 24.3 Å². The summed E-state index contributed by atoms with van der Waals surface area (Å²) >= 11 is 3.26. The van der Waals surface area contributed by atoms with Crippen molar-refractivity contribution in [3.63, 3.8) is 0 Å². The fourth-order valence-corrected chi connectivity index (χ4v) is 2.18. The number of carbonyl (C=O) groups is 1. The highest BCUT2D eigenvalue weighted by atomic mass is 79.9. The highest BCUT2D eigenvalue weighted by Crippen LogP contribution is 2.05. The van der Waals surface area contributed by atoms with E-state index < -0.39 is 0 Å². The molecule has 6 heteroatoms. The number of nitrogens with one attached hydrogen (secondary N) is 1. The van der Waals surface area contributed by atoms with Crippen LogP contribution in [0.15, 0.2) is 51.9 Å². The smallest absolute Gasteiger partial charge is 0.251 e. The summed E-state index contributed by atoms with van der Waals surface area (Å²) in [5.41, 5.74) is 1.54. The van der Waals surface area contributed by atoms with Gasteiger partial charge in [-0.25, -0.2) is 0 Å². The summed E-state index contributed by atoms with van der Waals surface area (Å²) in [6.07, 6.45) is 1.58. The van der Waals surface area contributed by atoms with E-state index in [1.165, 1.54) is 10.6 Å². The number of halogens is 1. The number of nitrogens with zero attached hydrogens (tertiary/aromatic N) is 1. The first-order chi connectivity index (χ1) is 10.1. The van der Waals surface area contributed by atoms with Gasteiger partial charge in [0.2, 0.25) is 5.91 Å². The maximum absolute atomic E-state index is 11.8. The van der Waals surface area contributed by atoms with Crippen LogP contribution in [0.1, 0.15) is 11.1 Å². The minimum Gasteiger partial charge on any atom is -0.392 e. The Balaban J connectivity index is 1.92. The minimum absolute atomic E-state index is 0.00155. The van der Waals surface area contributed by atoms with Gasteiger partial charge in [-0.3, -0.25) is 9.59 Å². The van der Waals surface area contributed by atoms with Crippen LogP contribution in [-0.2, 0) is 24.5 Å². The molecule has 0 spiro atoms. The van der Waals surface area contributed by atoms with E-state index in [0.29, 0.717) is 6.54 Å². The zero-order chi connectivity index (χ0) is 15.2. The van der Waals surface area contributed by atoms with Gasteiger partial charge in [-0.2, -0.15) is 0 Å². The van der Waals surface area contributed by atoms with Gasteiger partial charge in [-0.15, -0.1) is 0 Å². The zero-order valence-electron chi connectivity index (χ0n) is 11.3. The summed E-state index contributed by atoms with van der Waals surface area (Å²) in [4.78, 5) is 23.4. The molecule has 1 heterocycles. The van der Waals surface area contributed by atoms with E-state index in [-0.39, 0.29) is 24.6 Å². The lowest BCUT2D eigenvalue weighted by Crippen LogP contribution is -2.31. The number of pyridine rings is 1. The predicted octanol–water partition coefficient (Wildman–Crippen LogP) is 1.42. The fraction of sp³-hybridized carbons (Fsp3) is 0.200. The van der Waals surface area contributed by atoms with Crippen molar-refractivity contribution in [1.82, 2.24) is 9.88 Å². The Bertz CT molecular complexity index is 680. The van der Waals surface area contributed by atoms with Crippen molar-refractivity contribution in [2.24, 2.45) is 0 Å². The van der Waals surface area contributed by atoms with Crippen LogP contribution >= 0.6 is 15.9 Å². The highest BCUT2D eigenvalue weighted by Gasteiger charge is 2.05. The van der Waals surface area contributed by atoms with Crippen LogP contribution in [0.2, 0.25) is 0 Å². The number of rotatable bonds is 5. The van der Waals surface area contributed by atoms with Crippen molar-refractivity contribution in [2.45, 2.75) is 19.7 Å². The molecule has 1 aromatic heterocycles. The van der Waals surface area contributed by atoms with Crippen LogP contribution in [0.25, 0.3) is 0 Å². The van der Waals surface area contributed by atoms with Crippen molar-refractivity contribution < 1.29 is 9.90 Å². The molecule has 0 aliphatic rings. The second kappa shape index (κ2) is 7.19. The van der Waals surface area contributed by atoms with Crippen molar-refractivity contribution in [3.05, 3.63) is 68.5 Å². The summed E-state index contributed by atoms with van der Waals surface area (Å²) in [6, 6.07) is 10.3. The first-order valence-corrected chi connectivity index (χ1v) is 7.19. The summed E-state index contributed by atoms with van der Waals surface area (Å²) < 4.78 is 2.09. The molecule has 0 aliphatic carbocycles. The van der Waals surface area contributed by atoms with Gasteiger partial charge in [-0.05, 0) is 33.1 Å². The van der Waals surface area contributed by atoms with Crippen LogP contribution in [0.3, 0.4) is 0 Å². The van der Waals surface area contributed by atoms with Crippen LogP contribution in [0.4, 0.5) is 0 Å². The molecule has 110 valence electrons. The topological polar surface area (TPSA) is 71.3 Å². The lowest BCUT2D eigenvalue weighted by molar-refractivity contribution is -0.121. The Kier molecular flexibility index (Phi) is 5.30. The van der Waals surface area contributed by atoms with Crippen molar-refractivity contribution in [1.29, 1.82) is 0 Å². The van der Waals surface area contributed by atoms with Gasteiger partial charge >= 0.3 is 0 Å². The van der Waals surface area contributed by atoms with Gasteiger partial charge in [0.1, 0.15) is 6.54 Å². The monoisotopic (exact) mass is 350 g/mol. The van der Waals surface area contributed by atoms with E-state index >= 15 is 0 Å². The molecule has 5 nitrogen and oxygen atoms in total. The van der Waals surface area contributed by atoms with Gasteiger partial charge in [0.05, 0.1) is 6.61 Å². The summed E-state index contributed by atoms with van der Waals surface area (Å²) in [7, 11) is 0. The molecule has 0 atom stereocenters. The normalized spacial score (nSPS) is 10.4. The second-order valence-corrected chi connectivity index (χ2v) is 5.48. The molecule has 0 aliphatic heterocycles. The average Bonchev–Trinajstić information content (AvgIpc) is 2.49. The molecule has 0 saturated heterocycles. The van der Waals surface area contributed by atoms with E-state index in [4.69, 9.17) is 5.11 Å². The molecule has 0 radical (unpaired) electrons. The average molecular weight is 351 g/mol. The van der Waals surface area contributed by atoms with Gasteiger partial charge in [0.25, 0.3) is 5.56 Å². The van der Waals surface area contributed by atoms with Crippen molar-refractivity contribution in [2.75, 3.05) is 0 Å². The maximum atomic E-state index is 11.8. The quantitative estimate of drug-likeness (QED) is 0.856. The number of aromatic nitrogens is 1. The minimum atomic E-state index is -0.235. The van der Waals surface area contributed by atoms with Crippen LogP contribution < -0.4 is 10.9 Å². The zero-order valence-corrected chi connectivity index (χ0v) is 12.8. The molecule has 0 unspecified atom stereocenters. The van der Waals surface area contributed by atoms with Crippen LogP contribution in [0, 0.1) is 0 Å². The highest BCUT2D eigenvalue weighted by molar-refractivity contribution is 9.10. The third kappa shape index (κ3) is 4.54. The lowest BCUT2D eigenvalue weighted by Gasteiger charge is -2.08. The van der Waals surface area contributed by atoms with E-state index in [0.717, 1.165) is 15.6 Å². The first kappa shape index (κ1) is 15.5. The molecule has 2 rings (SSSR count). The van der Waals surface area contributed by atoms with Crippen molar-refractivity contribution in [3.8, 4) is 0 Å². The van der Waals surface area contributed by atoms with Crippen LogP contribution in [0.5, 0.6) is 0 Å². The van der Waals surface area contributed by atoms with Crippen LogP contribution in [-0.4, -0.2) is 15.6 Å². The molecule has 1 aromatic carbocycles. The van der Waals surface area contributed by atoms with E-state index in [1.54, 1.807) is 24.4 Å². The number of hydrogen-bond donors (Lipinski definition) is 2. The fourth-order valence-electron chi connectivity index (χ4n) is 1.80. The molecule has 21 heavy (non-hydrogen) atoms. The number of carbonyl (C=O) groups excluding carboxylic acids is 1. The molecular weight excluding hydrogens is 336 g/mol. The molecule has 2 aromatic rings. The molecule has 0 bridgehead atoms.